The number of hydrogen-bond acceptors (Lipinski definition) is 6. The van der Waals surface area contributed by atoms with Crippen LogP contribution in [0.15, 0.2) is 47.3 Å². The molecule has 0 aliphatic carbocycles. The van der Waals surface area contributed by atoms with Crippen molar-refractivity contribution >= 4 is 39.4 Å². The van der Waals surface area contributed by atoms with E-state index in [9.17, 15) is 4.79 Å². The largest absolute Gasteiger partial charge is 0.399 e. The Kier molecular flexibility index (Phi) is 3.13. The van der Waals surface area contributed by atoms with Crippen LogP contribution in [0.4, 0.5) is 17.6 Å². The van der Waals surface area contributed by atoms with Gasteiger partial charge in [-0.3, -0.25) is 15.1 Å². The molecule has 4 aromatic rings. The number of hydrogen-bond donors (Lipinski definition) is 3. The number of nitrogens with zero attached hydrogens (tertiary/aromatic N) is 3. The molecule has 24 heavy (non-hydrogen) atoms. The third-order valence-corrected chi connectivity index (χ3v) is 3.75. The number of aromatic nitrogens is 4. The lowest BCUT2D eigenvalue weighted by Crippen LogP contribution is -2.12. The van der Waals surface area contributed by atoms with Crippen molar-refractivity contribution in [2.24, 2.45) is 0 Å². The van der Waals surface area contributed by atoms with Crippen molar-refractivity contribution in [3.05, 3.63) is 58.5 Å². The number of nitrogens with one attached hydrogen (secondary N) is 2. The summed E-state index contributed by atoms with van der Waals surface area (Å²) in [7, 11) is 0. The summed E-state index contributed by atoms with van der Waals surface area (Å²) in [6.45, 7) is 1.88. The molecular formula is C17H14N6O. The Balaban J connectivity index is 1.79. The Morgan fingerprint density at radius 1 is 1.00 bits per heavy atom. The Hall–Kier alpha value is -3.48. The summed E-state index contributed by atoms with van der Waals surface area (Å²) < 4.78 is 0. The highest BCUT2D eigenvalue weighted by Gasteiger charge is 2.08. The number of rotatable bonds is 2. The lowest BCUT2D eigenvalue weighted by molar-refractivity contribution is 1.10. The average molecular weight is 318 g/mol. The first-order valence-electron chi connectivity index (χ1n) is 7.40. The standard InChI is InChI=1S/C17H14N6O/c1-9-12-8-10(18)6-7-14(12)21-16(19-9)23-17-20-13-5-3-2-4-11(13)15(24)22-17/h2-8H,18H2,1H3,(H2,19,20,21,22,23,24). The summed E-state index contributed by atoms with van der Waals surface area (Å²) in [6, 6.07) is 12.6. The van der Waals surface area contributed by atoms with Gasteiger partial charge in [-0.1, -0.05) is 12.1 Å². The van der Waals surface area contributed by atoms with Gasteiger partial charge in [0.2, 0.25) is 11.9 Å². The van der Waals surface area contributed by atoms with Gasteiger partial charge >= 0.3 is 0 Å². The molecule has 0 saturated carbocycles. The van der Waals surface area contributed by atoms with Crippen molar-refractivity contribution in [2.45, 2.75) is 6.92 Å². The zero-order chi connectivity index (χ0) is 16.7. The lowest BCUT2D eigenvalue weighted by atomic mass is 10.2. The number of anilines is 3. The summed E-state index contributed by atoms with van der Waals surface area (Å²) in [5.41, 5.74) is 8.41. The number of aryl methyl sites for hydroxylation is 1. The summed E-state index contributed by atoms with van der Waals surface area (Å²) in [5.74, 6) is 0.663. The van der Waals surface area contributed by atoms with Gasteiger partial charge in [0.05, 0.1) is 22.1 Å². The van der Waals surface area contributed by atoms with Gasteiger partial charge in [-0.25, -0.2) is 15.0 Å². The second-order valence-corrected chi connectivity index (χ2v) is 5.47. The van der Waals surface area contributed by atoms with E-state index in [4.69, 9.17) is 5.73 Å². The molecule has 0 bridgehead atoms. The number of H-pyrrole nitrogens is 1. The Morgan fingerprint density at radius 2 is 1.79 bits per heavy atom. The Bertz CT molecular complexity index is 1130. The zero-order valence-electron chi connectivity index (χ0n) is 12.9. The van der Waals surface area contributed by atoms with Gasteiger partial charge < -0.3 is 5.73 Å². The lowest BCUT2D eigenvalue weighted by Gasteiger charge is -2.08. The molecule has 2 aromatic carbocycles. The fraction of sp³-hybridized carbons (Fsp3) is 0.0588. The summed E-state index contributed by atoms with van der Waals surface area (Å²) in [6.07, 6.45) is 0. The van der Waals surface area contributed by atoms with Gasteiger partial charge in [-0.05, 0) is 37.3 Å². The van der Waals surface area contributed by atoms with Crippen molar-refractivity contribution in [3.63, 3.8) is 0 Å². The first kappa shape index (κ1) is 14.1. The van der Waals surface area contributed by atoms with Crippen LogP contribution in [-0.4, -0.2) is 19.9 Å². The van der Waals surface area contributed by atoms with Crippen LogP contribution in [0.5, 0.6) is 0 Å². The second kappa shape index (κ2) is 5.31. The van der Waals surface area contributed by atoms with Crippen LogP contribution in [0.3, 0.4) is 0 Å². The fourth-order valence-corrected chi connectivity index (χ4v) is 2.61. The number of nitrogen functional groups attached to an aromatic ring is 1. The zero-order valence-corrected chi connectivity index (χ0v) is 12.9. The quantitative estimate of drug-likeness (QED) is 0.490. The van der Waals surface area contributed by atoms with E-state index in [1.165, 1.54) is 0 Å². The molecule has 0 atom stereocenters. The topological polar surface area (TPSA) is 110 Å². The Labute approximate surface area is 136 Å². The molecule has 0 radical (unpaired) electrons. The van der Waals surface area contributed by atoms with Gasteiger partial charge in [0.15, 0.2) is 0 Å². The first-order valence-corrected chi connectivity index (χ1v) is 7.40. The predicted molar refractivity (Wildman–Crippen MR) is 94.3 cm³/mol. The molecule has 0 aliphatic rings. The van der Waals surface area contributed by atoms with Crippen LogP contribution in [0.1, 0.15) is 5.69 Å². The van der Waals surface area contributed by atoms with Gasteiger partial charge in [-0.2, -0.15) is 0 Å². The smallest absolute Gasteiger partial charge is 0.260 e. The molecule has 0 aliphatic heterocycles. The normalized spacial score (nSPS) is 11.0. The molecule has 2 heterocycles. The molecule has 0 saturated heterocycles. The molecule has 0 fully saturated rings. The van der Waals surface area contributed by atoms with Crippen molar-refractivity contribution in [3.8, 4) is 0 Å². The molecule has 0 amide bonds. The van der Waals surface area contributed by atoms with Crippen LogP contribution >= 0.6 is 0 Å². The highest BCUT2D eigenvalue weighted by Crippen LogP contribution is 2.21. The van der Waals surface area contributed by atoms with Crippen LogP contribution in [-0.2, 0) is 0 Å². The van der Waals surface area contributed by atoms with E-state index >= 15 is 0 Å². The highest BCUT2D eigenvalue weighted by molar-refractivity contribution is 5.85. The van der Waals surface area contributed by atoms with E-state index in [-0.39, 0.29) is 5.56 Å². The van der Waals surface area contributed by atoms with Gasteiger partial charge in [0, 0.05) is 11.1 Å². The number of benzene rings is 2. The number of aromatic amines is 1. The van der Waals surface area contributed by atoms with E-state index < -0.39 is 0 Å². The van der Waals surface area contributed by atoms with E-state index in [1.807, 2.05) is 25.1 Å². The van der Waals surface area contributed by atoms with Crippen LogP contribution in [0, 0.1) is 6.92 Å². The highest BCUT2D eigenvalue weighted by atomic mass is 16.1. The van der Waals surface area contributed by atoms with Crippen LogP contribution < -0.4 is 16.6 Å². The summed E-state index contributed by atoms with van der Waals surface area (Å²) in [4.78, 5) is 28.1. The number of para-hydroxylation sites is 1. The van der Waals surface area contributed by atoms with Gasteiger partial charge in [0.25, 0.3) is 5.56 Å². The number of nitrogens with two attached hydrogens (primary N) is 1. The molecule has 7 nitrogen and oxygen atoms in total. The molecule has 0 unspecified atom stereocenters. The minimum absolute atomic E-state index is 0.214. The van der Waals surface area contributed by atoms with Crippen molar-refractivity contribution < 1.29 is 0 Å². The van der Waals surface area contributed by atoms with E-state index in [1.54, 1.807) is 24.3 Å². The fourth-order valence-electron chi connectivity index (χ4n) is 2.61. The third kappa shape index (κ3) is 2.41. The van der Waals surface area contributed by atoms with Gasteiger partial charge in [-0.15, -0.1) is 0 Å². The van der Waals surface area contributed by atoms with Gasteiger partial charge in [0.1, 0.15) is 0 Å². The van der Waals surface area contributed by atoms with E-state index in [0.717, 1.165) is 16.6 Å². The minimum Gasteiger partial charge on any atom is -0.399 e. The minimum atomic E-state index is -0.214. The summed E-state index contributed by atoms with van der Waals surface area (Å²) in [5, 5.41) is 4.39. The molecule has 4 rings (SSSR count). The molecule has 7 heteroatoms. The average Bonchev–Trinajstić information content (AvgIpc) is 2.56. The third-order valence-electron chi connectivity index (χ3n) is 3.75. The molecule has 118 valence electrons. The SMILES string of the molecule is Cc1nc(Nc2nc3ccccc3c(=O)[nH]2)nc2ccc(N)cc12. The maximum Gasteiger partial charge on any atom is 0.260 e. The van der Waals surface area contributed by atoms with E-state index in [2.05, 4.69) is 25.3 Å². The number of fused-ring (bicyclic) bond motifs is 2. The molecular weight excluding hydrogens is 304 g/mol. The first-order chi connectivity index (χ1) is 11.6. The van der Waals surface area contributed by atoms with Crippen molar-refractivity contribution in [1.29, 1.82) is 0 Å². The predicted octanol–water partition coefficient (Wildman–Crippen LogP) is 2.50. The second-order valence-electron chi connectivity index (χ2n) is 5.47. The molecule has 0 spiro atoms. The Morgan fingerprint density at radius 3 is 2.67 bits per heavy atom. The van der Waals surface area contributed by atoms with Crippen molar-refractivity contribution in [1.82, 2.24) is 19.9 Å². The van der Waals surface area contributed by atoms with Crippen molar-refractivity contribution in [2.75, 3.05) is 11.1 Å². The summed E-state index contributed by atoms with van der Waals surface area (Å²) >= 11 is 0. The van der Waals surface area contributed by atoms with Crippen LogP contribution in [0.25, 0.3) is 21.8 Å². The molecule has 2 aromatic heterocycles. The van der Waals surface area contributed by atoms with Crippen LogP contribution in [0.2, 0.25) is 0 Å². The van der Waals surface area contributed by atoms with E-state index in [0.29, 0.717) is 28.5 Å². The maximum atomic E-state index is 12.1. The molecule has 4 N–H and O–H groups in total. The monoisotopic (exact) mass is 318 g/mol. The maximum absolute atomic E-state index is 12.1.